The van der Waals surface area contributed by atoms with Gasteiger partial charge in [0.15, 0.2) is 0 Å². The third-order valence-corrected chi connectivity index (χ3v) is 4.29. The van der Waals surface area contributed by atoms with Gasteiger partial charge in [-0.1, -0.05) is 71.0 Å². The minimum absolute atomic E-state index is 0.491. The number of nitrogens with zero attached hydrogens (tertiary/aromatic N) is 4. The van der Waals surface area contributed by atoms with E-state index in [9.17, 15) is 0 Å². The van der Waals surface area contributed by atoms with Crippen LogP contribution in [0, 0.1) is 0 Å². The van der Waals surface area contributed by atoms with Gasteiger partial charge in [0.05, 0.1) is 0 Å². The molecule has 2 heterocycles. The minimum Gasteiger partial charge on any atom is -0.334 e. The molecule has 0 atom stereocenters. The first-order valence-corrected chi connectivity index (χ1v) is 8.76. The molecule has 3 aromatic carbocycles. The summed E-state index contributed by atoms with van der Waals surface area (Å²) < 4.78 is 10.7. The van der Waals surface area contributed by atoms with E-state index < -0.39 is 0 Å². The summed E-state index contributed by atoms with van der Waals surface area (Å²) in [7, 11) is 0. The summed E-state index contributed by atoms with van der Waals surface area (Å²) in [6.45, 7) is 0. The molecule has 6 heteroatoms. The predicted molar refractivity (Wildman–Crippen MR) is 104 cm³/mol. The highest BCUT2D eigenvalue weighted by Crippen LogP contribution is 2.26. The van der Waals surface area contributed by atoms with Gasteiger partial charge in [-0.15, -0.1) is 0 Å². The van der Waals surface area contributed by atoms with Crippen molar-refractivity contribution in [3.8, 4) is 45.7 Å². The van der Waals surface area contributed by atoms with Crippen LogP contribution in [0.1, 0.15) is 0 Å². The first-order chi connectivity index (χ1) is 13.9. The fourth-order valence-corrected chi connectivity index (χ4v) is 2.85. The molecule has 5 aromatic rings. The highest BCUT2D eigenvalue weighted by molar-refractivity contribution is 5.65. The summed E-state index contributed by atoms with van der Waals surface area (Å²) in [6.07, 6.45) is 0. The van der Waals surface area contributed by atoms with E-state index >= 15 is 0 Å². The summed E-state index contributed by atoms with van der Waals surface area (Å²) in [6, 6.07) is 27.0. The van der Waals surface area contributed by atoms with Crippen LogP contribution >= 0.6 is 0 Å². The van der Waals surface area contributed by atoms with Gasteiger partial charge in [-0.2, -0.15) is 9.97 Å². The Balaban J connectivity index is 1.40. The Hall–Kier alpha value is -4.06. The van der Waals surface area contributed by atoms with Crippen LogP contribution in [-0.4, -0.2) is 20.3 Å². The van der Waals surface area contributed by atoms with Crippen molar-refractivity contribution in [1.82, 2.24) is 20.3 Å². The molecule has 0 unspecified atom stereocenters. The summed E-state index contributed by atoms with van der Waals surface area (Å²) >= 11 is 0. The normalized spacial score (nSPS) is 10.9. The molecule has 0 spiro atoms. The first kappa shape index (κ1) is 16.1. The van der Waals surface area contributed by atoms with Crippen LogP contribution in [0.25, 0.3) is 45.7 Å². The molecule has 0 N–H and O–H groups in total. The lowest BCUT2D eigenvalue weighted by Gasteiger charge is -1.97. The predicted octanol–water partition coefficient (Wildman–Crippen LogP) is 5.12. The van der Waals surface area contributed by atoms with Gasteiger partial charge >= 0.3 is 0 Å². The Kier molecular flexibility index (Phi) is 3.99. The maximum Gasteiger partial charge on any atom is 0.258 e. The number of aromatic nitrogens is 4. The lowest BCUT2D eigenvalue weighted by atomic mass is 10.1. The Morgan fingerprint density at radius 2 is 0.821 bits per heavy atom. The van der Waals surface area contributed by atoms with Gasteiger partial charge in [0, 0.05) is 22.3 Å². The topological polar surface area (TPSA) is 77.8 Å². The monoisotopic (exact) mass is 366 g/mol. The number of hydrogen-bond acceptors (Lipinski definition) is 6. The van der Waals surface area contributed by atoms with E-state index in [0.29, 0.717) is 23.4 Å². The fraction of sp³-hybridized carbons (Fsp3) is 0. The van der Waals surface area contributed by atoms with Crippen LogP contribution < -0.4 is 0 Å². The summed E-state index contributed by atoms with van der Waals surface area (Å²) in [4.78, 5) is 8.94. The second-order valence-electron chi connectivity index (χ2n) is 6.16. The van der Waals surface area contributed by atoms with Crippen LogP contribution in [0.4, 0.5) is 0 Å². The SMILES string of the molecule is c1ccc(-c2nc(-c3ccc(-c4noc(-c5ccccc5)n4)cc3)no2)cc1. The van der Waals surface area contributed by atoms with E-state index in [2.05, 4.69) is 20.3 Å². The molecule has 0 fully saturated rings. The Morgan fingerprint density at radius 3 is 1.21 bits per heavy atom. The zero-order valence-electron chi connectivity index (χ0n) is 14.7. The van der Waals surface area contributed by atoms with E-state index in [1.807, 2.05) is 84.9 Å². The zero-order valence-corrected chi connectivity index (χ0v) is 14.7. The number of hydrogen-bond donors (Lipinski definition) is 0. The minimum atomic E-state index is 0.491. The average Bonchev–Trinajstić information content (AvgIpc) is 3.46. The van der Waals surface area contributed by atoms with Gasteiger partial charge in [0.25, 0.3) is 11.8 Å². The van der Waals surface area contributed by atoms with Gasteiger partial charge in [-0.25, -0.2) is 0 Å². The van der Waals surface area contributed by atoms with Gasteiger partial charge < -0.3 is 9.05 Å². The molecular weight excluding hydrogens is 352 g/mol. The van der Waals surface area contributed by atoms with Crippen LogP contribution in [0.15, 0.2) is 94.0 Å². The second kappa shape index (κ2) is 6.92. The lowest BCUT2D eigenvalue weighted by molar-refractivity contribution is 0.432. The molecule has 0 aliphatic carbocycles. The molecule has 0 aliphatic heterocycles. The van der Waals surface area contributed by atoms with Crippen molar-refractivity contribution >= 4 is 0 Å². The molecule has 28 heavy (non-hydrogen) atoms. The maximum atomic E-state index is 5.37. The molecule has 0 aliphatic rings. The smallest absolute Gasteiger partial charge is 0.258 e. The molecule has 5 rings (SSSR count). The zero-order chi connectivity index (χ0) is 18.8. The van der Waals surface area contributed by atoms with E-state index in [0.717, 1.165) is 22.3 Å². The quantitative estimate of drug-likeness (QED) is 0.439. The molecule has 134 valence electrons. The number of benzene rings is 3. The van der Waals surface area contributed by atoms with Gasteiger partial charge in [-0.3, -0.25) is 0 Å². The number of rotatable bonds is 4. The van der Waals surface area contributed by atoms with Crippen molar-refractivity contribution in [2.75, 3.05) is 0 Å². The van der Waals surface area contributed by atoms with E-state index in [1.54, 1.807) is 0 Å². The molecule has 0 saturated heterocycles. The van der Waals surface area contributed by atoms with Crippen molar-refractivity contribution in [2.24, 2.45) is 0 Å². The van der Waals surface area contributed by atoms with E-state index in [-0.39, 0.29) is 0 Å². The third-order valence-electron chi connectivity index (χ3n) is 4.29. The molecule has 6 nitrogen and oxygen atoms in total. The summed E-state index contributed by atoms with van der Waals surface area (Å²) in [5.74, 6) is 2.04. The van der Waals surface area contributed by atoms with Crippen molar-refractivity contribution in [3.63, 3.8) is 0 Å². The fourth-order valence-electron chi connectivity index (χ4n) is 2.85. The van der Waals surface area contributed by atoms with Crippen molar-refractivity contribution in [3.05, 3.63) is 84.9 Å². The van der Waals surface area contributed by atoms with Crippen LogP contribution in [-0.2, 0) is 0 Å². The largest absolute Gasteiger partial charge is 0.334 e. The highest BCUT2D eigenvalue weighted by Gasteiger charge is 2.13. The maximum absolute atomic E-state index is 5.37. The van der Waals surface area contributed by atoms with Crippen molar-refractivity contribution < 1.29 is 9.05 Å². The Bertz CT molecular complexity index is 1100. The molecule has 2 aromatic heterocycles. The van der Waals surface area contributed by atoms with Crippen LogP contribution in [0.5, 0.6) is 0 Å². The molecule has 0 saturated carbocycles. The first-order valence-electron chi connectivity index (χ1n) is 8.76. The third kappa shape index (κ3) is 3.07. The second-order valence-corrected chi connectivity index (χ2v) is 6.16. The lowest BCUT2D eigenvalue weighted by Crippen LogP contribution is -1.84. The standard InChI is InChI=1S/C22H14N4O2/c1-3-7-17(8-4-1)21-23-19(25-27-21)15-11-13-16(14-12-15)20-24-22(28-26-20)18-9-5-2-6-10-18/h1-14H. The Labute approximate surface area is 160 Å². The van der Waals surface area contributed by atoms with Crippen molar-refractivity contribution in [2.45, 2.75) is 0 Å². The molecule has 0 bridgehead atoms. The average molecular weight is 366 g/mol. The summed E-state index contributed by atoms with van der Waals surface area (Å²) in [5.41, 5.74) is 3.47. The van der Waals surface area contributed by atoms with Crippen LogP contribution in [0.2, 0.25) is 0 Å². The van der Waals surface area contributed by atoms with Gasteiger partial charge in [0.1, 0.15) is 0 Å². The summed E-state index contributed by atoms with van der Waals surface area (Å²) in [5, 5.41) is 8.15. The van der Waals surface area contributed by atoms with Crippen LogP contribution in [0.3, 0.4) is 0 Å². The van der Waals surface area contributed by atoms with Gasteiger partial charge in [0.2, 0.25) is 11.6 Å². The van der Waals surface area contributed by atoms with E-state index in [4.69, 9.17) is 9.05 Å². The Morgan fingerprint density at radius 1 is 0.429 bits per heavy atom. The van der Waals surface area contributed by atoms with Crippen molar-refractivity contribution in [1.29, 1.82) is 0 Å². The van der Waals surface area contributed by atoms with Gasteiger partial charge in [-0.05, 0) is 24.3 Å². The highest BCUT2D eigenvalue weighted by atomic mass is 16.5. The molecule has 0 radical (unpaired) electrons. The molecule has 0 amide bonds. The van der Waals surface area contributed by atoms with E-state index in [1.165, 1.54) is 0 Å². The molecular formula is C22H14N4O2.